The number of allylic oxidation sites excluding steroid dienone is 2. The van der Waals surface area contributed by atoms with E-state index in [0.717, 1.165) is 50.5 Å². The summed E-state index contributed by atoms with van der Waals surface area (Å²) in [5.41, 5.74) is 3.63. The van der Waals surface area contributed by atoms with Crippen molar-refractivity contribution in [2.75, 3.05) is 37.7 Å². The van der Waals surface area contributed by atoms with Crippen molar-refractivity contribution in [2.45, 2.75) is 33.6 Å². The van der Waals surface area contributed by atoms with Crippen molar-refractivity contribution in [1.82, 2.24) is 4.90 Å². The molecule has 3 aliphatic rings. The SMILES string of the molecule is CCO[P@@]1(=S)C2=C(N3CCOCC3)CC(C)(C)CC2=NN1c1ccccc1. The molecule has 1 atom stereocenters. The molecular weight excluding hydrogens is 377 g/mol. The average molecular weight is 406 g/mol. The predicted octanol–water partition coefficient (Wildman–Crippen LogP) is 4.57. The topological polar surface area (TPSA) is 37.3 Å². The maximum Gasteiger partial charge on any atom is 0.209 e. The lowest BCUT2D eigenvalue weighted by atomic mass is 9.78. The zero-order chi connectivity index (χ0) is 19.1. The second kappa shape index (κ2) is 7.32. The summed E-state index contributed by atoms with van der Waals surface area (Å²) in [5, 5.41) is 6.25. The highest BCUT2D eigenvalue weighted by molar-refractivity contribution is 8.15. The van der Waals surface area contributed by atoms with Crippen LogP contribution in [0, 0.1) is 5.41 Å². The van der Waals surface area contributed by atoms with Gasteiger partial charge in [0.1, 0.15) is 0 Å². The minimum atomic E-state index is -2.45. The van der Waals surface area contributed by atoms with Gasteiger partial charge in [0.15, 0.2) is 0 Å². The maximum absolute atomic E-state index is 6.34. The van der Waals surface area contributed by atoms with Crippen LogP contribution in [0.15, 0.2) is 46.4 Å². The number of morpholine rings is 1. The van der Waals surface area contributed by atoms with E-state index in [-0.39, 0.29) is 5.41 Å². The van der Waals surface area contributed by atoms with Gasteiger partial charge in [0.05, 0.1) is 36.5 Å². The number of benzene rings is 1. The van der Waals surface area contributed by atoms with E-state index < -0.39 is 6.42 Å². The fourth-order valence-electron chi connectivity index (χ4n) is 4.14. The molecule has 146 valence electrons. The highest BCUT2D eigenvalue weighted by Crippen LogP contribution is 2.67. The van der Waals surface area contributed by atoms with Crippen molar-refractivity contribution in [3.05, 3.63) is 41.3 Å². The van der Waals surface area contributed by atoms with Gasteiger partial charge in [0, 0.05) is 18.8 Å². The first-order chi connectivity index (χ1) is 12.9. The van der Waals surface area contributed by atoms with Crippen LogP contribution in [0.1, 0.15) is 33.6 Å². The molecule has 1 aromatic carbocycles. The van der Waals surface area contributed by atoms with Crippen molar-refractivity contribution in [3.8, 4) is 0 Å². The van der Waals surface area contributed by atoms with E-state index in [9.17, 15) is 0 Å². The first-order valence-corrected chi connectivity index (χ1v) is 12.4. The van der Waals surface area contributed by atoms with Crippen LogP contribution in [0.25, 0.3) is 0 Å². The number of hydrogen-bond acceptors (Lipinski definition) is 5. The van der Waals surface area contributed by atoms with Crippen molar-refractivity contribution in [1.29, 1.82) is 0 Å². The highest BCUT2D eigenvalue weighted by atomic mass is 32.4. The lowest BCUT2D eigenvalue weighted by Gasteiger charge is -2.41. The van der Waals surface area contributed by atoms with E-state index in [1.807, 2.05) is 29.9 Å². The Morgan fingerprint density at radius 2 is 1.89 bits per heavy atom. The van der Waals surface area contributed by atoms with Gasteiger partial charge in [-0.15, -0.1) is 0 Å². The fraction of sp³-hybridized carbons (Fsp3) is 0.550. The zero-order valence-electron chi connectivity index (χ0n) is 16.4. The van der Waals surface area contributed by atoms with Gasteiger partial charge in [0.2, 0.25) is 6.42 Å². The maximum atomic E-state index is 6.34. The first-order valence-electron chi connectivity index (χ1n) is 9.69. The molecule has 0 bridgehead atoms. The smallest absolute Gasteiger partial charge is 0.209 e. The number of ether oxygens (including phenoxy) is 1. The lowest BCUT2D eigenvalue weighted by Crippen LogP contribution is -2.40. The molecule has 0 amide bonds. The lowest BCUT2D eigenvalue weighted by molar-refractivity contribution is 0.0489. The Labute approximate surface area is 167 Å². The van der Waals surface area contributed by atoms with Gasteiger partial charge in [-0.2, -0.15) is 5.10 Å². The summed E-state index contributed by atoms with van der Waals surface area (Å²) < 4.78 is 13.9. The van der Waals surface area contributed by atoms with E-state index in [0.29, 0.717) is 6.61 Å². The third-order valence-electron chi connectivity index (χ3n) is 5.27. The van der Waals surface area contributed by atoms with Crippen LogP contribution >= 0.6 is 6.42 Å². The Hall–Kier alpha value is -1.20. The molecule has 0 aromatic heterocycles. The van der Waals surface area contributed by atoms with Gasteiger partial charge >= 0.3 is 0 Å². The van der Waals surface area contributed by atoms with Gasteiger partial charge in [0.25, 0.3) is 0 Å². The summed E-state index contributed by atoms with van der Waals surface area (Å²) in [7, 11) is 0. The molecular formula is C20H28N3O2PS. The summed E-state index contributed by atoms with van der Waals surface area (Å²) in [5.74, 6) is 0. The van der Waals surface area contributed by atoms with Crippen LogP contribution < -0.4 is 4.78 Å². The second-order valence-electron chi connectivity index (χ2n) is 8.02. The quantitative estimate of drug-likeness (QED) is 0.686. The molecule has 0 N–H and O–H groups in total. The number of nitrogens with zero attached hydrogens (tertiary/aromatic N) is 3. The van der Waals surface area contributed by atoms with E-state index in [2.05, 4.69) is 30.9 Å². The summed E-state index contributed by atoms with van der Waals surface area (Å²) in [6.45, 7) is 10.6. The first kappa shape index (κ1) is 19.1. The number of hydrogen-bond donors (Lipinski definition) is 0. The molecule has 7 heteroatoms. The zero-order valence-corrected chi connectivity index (χ0v) is 18.1. The van der Waals surface area contributed by atoms with Gasteiger partial charge in [-0.3, -0.25) is 0 Å². The van der Waals surface area contributed by atoms with Crippen molar-refractivity contribution >= 4 is 29.6 Å². The minimum absolute atomic E-state index is 0.162. The predicted molar refractivity (Wildman–Crippen MR) is 115 cm³/mol. The molecule has 0 spiro atoms. The summed E-state index contributed by atoms with van der Waals surface area (Å²) >= 11 is 6.27. The molecule has 4 rings (SSSR count). The Morgan fingerprint density at radius 3 is 2.56 bits per heavy atom. The Morgan fingerprint density at radius 1 is 1.19 bits per heavy atom. The molecule has 1 aliphatic carbocycles. The van der Waals surface area contributed by atoms with Crippen LogP contribution in [-0.2, 0) is 21.1 Å². The second-order valence-corrected chi connectivity index (χ2v) is 11.6. The molecule has 2 heterocycles. The molecule has 0 saturated carbocycles. The van der Waals surface area contributed by atoms with Gasteiger partial charge < -0.3 is 14.2 Å². The van der Waals surface area contributed by atoms with Crippen LogP contribution in [0.4, 0.5) is 5.69 Å². The van der Waals surface area contributed by atoms with E-state index in [1.54, 1.807) is 0 Å². The molecule has 1 fully saturated rings. The van der Waals surface area contributed by atoms with E-state index in [1.165, 1.54) is 11.0 Å². The largest absolute Gasteiger partial charge is 0.378 e. The third-order valence-corrected chi connectivity index (χ3v) is 9.11. The molecule has 27 heavy (non-hydrogen) atoms. The molecule has 1 aromatic rings. The van der Waals surface area contributed by atoms with Gasteiger partial charge in [-0.25, -0.2) is 4.78 Å². The number of rotatable bonds is 4. The highest BCUT2D eigenvalue weighted by Gasteiger charge is 2.48. The van der Waals surface area contributed by atoms with Crippen LogP contribution in [0.3, 0.4) is 0 Å². The number of fused-ring (bicyclic) bond motifs is 1. The molecule has 1 saturated heterocycles. The summed E-state index contributed by atoms with van der Waals surface area (Å²) in [4.78, 5) is 2.46. The Bertz CT molecular complexity index is 816. The normalized spacial score (nSPS) is 27.6. The standard InChI is InChI=1S/C20H28N3O2PS/c1-4-25-26(27)19-17(21-23(26)16-8-6-5-7-9-16)14-20(2,3)15-18(19)22-10-12-24-13-11-22/h5-9H,4,10-15H2,1-3H3/t26-/m1/s1. The van der Waals surface area contributed by atoms with Gasteiger partial charge in [-0.1, -0.05) is 32.0 Å². The molecule has 0 radical (unpaired) electrons. The third kappa shape index (κ3) is 3.49. The minimum Gasteiger partial charge on any atom is -0.378 e. The Balaban J connectivity index is 1.86. The van der Waals surface area contributed by atoms with Crippen molar-refractivity contribution in [2.24, 2.45) is 10.5 Å². The van der Waals surface area contributed by atoms with E-state index in [4.69, 9.17) is 26.2 Å². The van der Waals surface area contributed by atoms with Crippen LogP contribution in [0.2, 0.25) is 0 Å². The molecule has 0 unspecified atom stereocenters. The Kier molecular flexibility index (Phi) is 5.19. The van der Waals surface area contributed by atoms with Crippen molar-refractivity contribution < 1.29 is 9.26 Å². The average Bonchev–Trinajstić information content (AvgIpc) is 2.94. The summed E-state index contributed by atoms with van der Waals surface area (Å²) in [6.07, 6.45) is -0.508. The van der Waals surface area contributed by atoms with Crippen LogP contribution in [-0.4, -0.2) is 43.5 Å². The fourth-order valence-corrected chi connectivity index (χ4v) is 7.92. The number of para-hydroxylation sites is 1. The summed E-state index contributed by atoms with van der Waals surface area (Å²) in [6, 6.07) is 10.2. The molecule has 5 nitrogen and oxygen atoms in total. The number of anilines is 1. The van der Waals surface area contributed by atoms with E-state index >= 15 is 0 Å². The monoisotopic (exact) mass is 405 g/mol. The van der Waals surface area contributed by atoms with Crippen molar-refractivity contribution in [3.63, 3.8) is 0 Å². The van der Waals surface area contributed by atoms with Gasteiger partial charge in [-0.05, 0) is 49.1 Å². The number of hydrazone groups is 1. The van der Waals surface area contributed by atoms with Crippen LogP contribution in [0.5, 0.6) is 0 Å². The molecule has 2 aliphatic heterocycles.